The molecule has 0 fully saturated rings. The van der Waals surface area contributed by atoms with Crippen molar-refractivity contribution in [2.24, 2.45) is 0 Å². The van der Waals surface area contributed by atoms with Gasteiger partial charge >= 0.3 is 5.97 Å². The van der Waals surface area contributed by atoms with Crippen LogP contribution in [0.1, 0.15) is 12.7 Å². The van der Waals surface area contributed by atoms with Gasteiger partial charge in [-0.25, -0.2) is 4.98 Å². The molecule has 1 aromatic heterocycles. The number of hydrogen-bond donors (Lipinski definition) is 1. The summed E-state index contributed by atoms with van der Waals surface area (Å²) in [7, 11) is 0. The highest BCUT2D eigenvalue weighted by Crippen LogP contribution is 2.04. The second-order valence-electron chi connectivity index (χ2n) is 2.16. The van der Waals surface area contributed by atoms with Crippen molar-refractivity contribution >= 4 is 17.6 Å². The molecule has 1 aromatic rings. The molecular formula is C7H9ClN2O2. The van der Waals surface area contributed by atoms with Crippen LogP contribution in [0.5, 0.6) is 0 Å². The first kappa shape index (κ1) is 9.06. The molecule has 0 aliphatic heterocycles. The van der Waals surface area contributed by atoms with Crippen LogP contribution in [0.4, 0.5) is 0 Å². The molecule has 66 valence electrons. The summed E-state index contributed by atoms with van der Waals surface area (Å²) in [5.41, 5.74) is 0. The predicted molar refractivity (Wildman–Crippen MR) is 43.9 cm³/mol. The first-order valence-corrected chi connectivity index (χ1v) is 3.95. The molecule has 0 atom stereocenters. The number of aromatic amines is 1. The van der Waals surface area contributed by atoms with Crippen molar-refractivity contribution in [1.29, 1.82) is 0 Å². The third kappa shape index (κ3) is 2.54. The summed E-state index contributed by atoms with van der Waals surface area (Å²) in [5, 5.41) is 0.425. The number of imidazole rings is 1. The van der Waals surface area contributed by atoms with Crippen molar-refractivity contribution in [3.63, 3.8) is 0 Å². The molecule has 0 spiro atoms. The SMILES string of the molecule is CCOC(=O)Cc1ncc(Cl)[nH]1. The number of ether oxygens (including phenoxy) is 1. The lowest BCUT2D eigenvalue weighted by molar-refractivity contribution is -0.142. The molecule has 0 amide bonds. The van der Waals surface area contributed by atoms with E-state index >= 15 is 0 Å². The van der Waals surface area contributed by atoms with Crippen LogP contribution < -0.4 is 0 Å². The molecule has 4 nitrogen and oxygen atoms in total. The highest BCUT2D eigenvalue weighted by molar-refractivity contribution is 6.29. The number of aromatic nitrogens is 2. The molecule has 1 heterocycles. The molecular weight excluding hydrogens is 180 g/mol. The van der Waals surface area contributed by atoms with Crippen LogP contribution in [-0.4, -0.2) is 22.5 Å². The Hall–Kier alpha value is -1.03. The number of nitrogens with zero attached hydrogens (tertiary/aromatic N) is 1. The van der Waals surface area contributed by atoms with Gasteiger partial charge in [-0.2, -0.15) is 0 Å². The van der Waals surface area contributed by atoms with E-state index in [0.717, 1.165) is 0 Å². The Morgan fingerprint density at radius 2 is 2.58 bits per heavy atom. The normalized spacial score (nSPS) is 9.83. The molecule has 0 unspecified atom stereocenters. The molecule has 0 radical (unpaired) electrons. The third-order valence-electron chi connectivity index (χ3n) is 1.21. The lowest BCUT2D eigenvalue weighted by atomic mass is 10.4. The minimum Gasteiger partial charge on any atom is -0.466 e. The van der Waals surface area contributed by atoms with Crippen molar-refractivity contribution in [3.8, 4) is 0 Å². The van der Waals surface area contributed by atoms with E-state index < -0.39 is 0 Å². The van der Waals surface area contributed by atoms with Crippen molar-refractivity contribution in [3.05, 3.63) is 17.2 Å². The van der Waals surface area contributed by atoms with Gasteiger partial charge in [-0.1, -0.05) is 11.6 Å². The summed E-state index contributed by atoms with van der Waals surface area (Å²) in [4.78, 5) is 17.5. The predicted octanol–water partition coefficient (Wildman–Crippen LogP) is 1.17. The number of carbonyl (C=O) groups excluding carboxylic acids is 1. The number of rotatable bonds is 3. The average molecular weight is 189 g/mol. The first-order chi connectivity index (χ1) is 5.72. The Kier molecular flexibility index (Phi) is 3.10. The van der Waals surface area contributed by atoms with Gasteiger partial charge in [-0.15, -0.1) is 0 Å². The van der Waals surface area contributed by atoms with E-state index in [0.29, 0.717) is 17.6 Å². The van der Waals surface area contributed by atoms with Crippen LogP contribution in [0.2, 0.25) is 5.15 Å². The monoisotopic (exact) mass is 188 g/mol. The van der Waals surface area contributed by atoms with E-state index in [1.807, 2.05) is 0 Å². The van der Waals surface area contributed by atoms with Gasteiger partial charge in [0.15, 0.2) is 0 Å². The molecule has 0 aromatic carbocycles. The Bertz CT molecular complexity index is 272. The minimum absolute atomic E-state index is 0.139. The second-order valence-corrected chi connectivity index (χ2v) is 2.57. The van der Waals surface area contributed by atoms with Crippen molar-refractivity contribution in [2.75, 3.05) is 6.61 Å². The van der Waals surface area contributed by atoms with Crippen LogP contribution in [0.25, 0.3) is 0 Å². The summed E-state index contributed by atoms with van der Waals surface area (Å²) in [6.45, 7) is 2.14. The first-order valence-electron chi connectivity index (χ1n) is 3.57. The van der Waals surface area contributed by atoms with Gasteiger partial charge in [-0.05, 0) is 6.92 Å². The molecule has 0 aliphatic carbocycles. The van der Waals surface area contributed by atoms with E-state index in [-0.39, 0.29) is 12.4 Å². The smallest absolute Gasteiger partial charge is 0.313 e. The minimum atomic E-state index is -0.302. The van der Waals surface area contributed by atoms with E-state index in [4.69, 9.17) is 16.3 Å². The Morgan fingerprint density at radius 3 is 3.08 bits per heavy atom. The summed E-state index contributed by atoms with van der Waals surface area (Å²) in [6, 6.07) is 0. The summed E-state index contributed by atoms with van der Waals surface area (Å²) < 4.78 is 4.71. The molecule has 1 rings (SSSR count). The van der Waals surface area contributed by atoms with Crippen LogP contribution in [-0.2, 0) is 16.0 Å². The zero-order chi connectivity index (χ0) is 8.97. The molecule has 1 N–H and O–H groups in total. The van der Waals surface area contributed by atoms with Gasteiger partial charge in [0.05, 0.1) is 12.8 Å². The maximum atomic E-state index is 10.9. The lowest BCUT2D eigenvalue weighted by Gasteiger charge is -1.97. The summed E-state index contributed by atoms with van der Waals surface area (Å²) in [6.07, 6.45) is 1.59. The van der Waals surface area contributed by atoms with E-state index in [1.54, 1.807) is 6.92 Å². The standard InChI is InChI=1S/C7H9ClN2O2/c1-2-12-7(11)3-6-9-4-5(8)10-6/h4H,2-3H2,1H3,(H,9,10). The molecule has 0 aliphatic rings. The van der Waals surface area contributed by atoms with Crippen LogP contribution >= 0.6 is 11.6 Å². The van der Waals surface area contributed by atoms with Gasteiger partial charge in [0.1, 0.15) is 17.4 Å². The van der Waals surface area contributed by atoms with Crippen molar-refractivity contribution in [1.82, 2.24) is 9.97 Å². The lowest BCUT2D eigenvalue weighted by Crippen LogP contribution is -2.08. The second kappa shape index (κ2) is 4.11. The van der Waals surface area contributed by atoms with E-state index in [2.05, 4.69) is 9.97 Å². The molecule has 0 saturated heterocycles. The van der Waals surface area contributed by atoms with Gasteiger partial charge in [0.2, 0.25) is 0 Å². The van der Waals surface area contributed by atoms with Crippen LogP contribution in [0.3, 0.4) is 0 Å². The average Bonchev–Trinajstić information content (AvgIpc) is 2.36. The van der Waals surface area contributed by atoms with Gasteiger partial charge < -0.3 is 9.72 Å². The maximum absolute atomic E-state index is 10.9. The van der Waals surface area contributed by atoms with E-state index in [1.165, 1.54) is 6.20 Å². The third-order valence-corrected chi connectivity index (χ3v) is 1.41. The topological polar surface area (TPSA) is 55.0 Å². The number of carbonyl (C=O) groups is 1. The summed E-state index contributed by atoms with van der Waals surface area (Å²) in [5.74, 6) is 0.224. The van der Waals surface area contributed by atoms with Crippen molar-refractivity contribution in [2.45, 2.75) is 13.3 Å². The fourth-order valence-electron chi connectivity index (χ4n) is 0.776. The zero-order valence-electron chi connectivity index (χ0n) is 6.63. The molecule has 5 heteroatoms. The highest BCUT2D eigenvalue weighted by atomic mass is 35.5. The number of hydrogen-bond acceptors (Lipinski definition) is 3. The van der Waals surface area contributed by atoms with Gasteiger partial charge in [-0.3, -0.25) is 4.79 Å². The quantitative estimate of drug-likeness (QED) is 0.725. The Balaban J connectivity index is 2.46. The van der Waals surface area contributed by atoms with Gasteiger partial charge in [0, 0.05) is 0 Å². The van der Waals surface area contributed by atoms with Crippen LogP contribution in [0, 0.1) is 0 Å². The van der Waals surface area contributed by atoms with Crippen LogP contribution in [0.15, 0.2) is 6.20 Å². The largest absolute Gasteiger partial charge is 0.466 e. The van der Waals surface area contributed by atoms with E-state index in [9.17, 15) is 4.79 Å². The van der Waals surface area contributed by atoms with Crippen molar-refractivity contribution < 1.29 is 9.53 Å². The zero-order valence-corrected chi connectivity index (χ0v) is 7.39. The fraction of sp³-hybridized carbons (Fsp3) is 0.429. The molecule has 12 heavy (non-hydrogen) atoms. The van der Waals surface area contributed by atoms with Gasteiger partial charge in [0.25, 0.3) is 0 Å². The number of H-pyrrole nitrogens is 1. The Morgan fingerprint density at radius 1 is 1.83 bits per heavy atom. The number of halogens is 1. The molecule has 0 bridgehead atoms. The maximum Gasteiger partial charge on any atom is 0.313 e. The fourth-order valence-corrected chi connectivity index (χ4v) is 0.933. The summed E-state index contributed by atoms with van der Waals surface area (Å²) >= 11 is 5.55. The number of nitrogens with one attached hydrogen (secondary N) is 1. The Labute approximate surface area is 74.9 Å². The highest BCUT2D eigenvalue weighted by Gasteiger charge is 2.06. The molecule has 0 saturated carbocycles. The number of esters is 1.